The summed E-state index contributed by atoms with van der Waals surface area (Å²) in [6, 6.07) is 15.8. The molecule has 2 heterocycles. The van der Waals surface area contributed by atoms with Crippen molar-refractivity contribution in [2.45, 2.75) is 12.5 Å². The van der Waals surface area contributed by atoms with Gasteiger partial charge in [-0.2, -0.15) is 5.10 Å². The number of aryl methyl sites for hydroxylation is 1. The molecule has 0 fully saturated rings. The topological polar surface area (TPSA) is 77.8 Å². The summed E-state index contributed by atoms with van der Waals surface area (Å²) in [7, 11) is 5.21. The first-order valence-corrected chi connectivity index (χ1v) is 11.7. The molecule has 174 valence electrons. The first kappa shape index (κ1) is 23.1. The van der Waals surface area contributed by atoms with Crippen molar-refractivity contribution in [2.24, 2.45) is 7.05 Å². The van der Waals surface area contributed by atoms with E-state index in [0.29, 0.717) is 18.0 Å². The van der Waals surface area contributed by atoms with Crippen LogP contribution in [0, 0.1) is 0 Å². The van der Waals surface area contributed by atoms with Crippen LogP contribution in [-0.4, -0.2) is 54.9 Å². The molecule has 33 heavy (non-hydrogen) atoms. The van der Waals surface area contributed by atoms with E-state index in [0.717, 1.165) is 45.8 Å². The van der Waals surface area contributed by atoms with E-state index in [1.807, 2.05) is 54.2 Å². The highest BCUT2D eigenvalue weighted by atomic mass is 32.1. The normalized spacial score (nSPS) is 12.1. The van der Waals surface area contributed by atoms with Crippen LogP contribution in [0.2, 0.25) is 0 Å². The fraction of sp³-hybridized carbons (Fsp3) is 0.320. The predicted octanol–water partition coefficient (Wildman–Crippen LogP) is 3.89. The Labute approximate surface area is 197 Å². The lowest BCUT2D eigenvalue weighted by Crippen LogP contribution is -2.32. The molecule has 1 atom stereocenters. The number of hydrogen-bond donors (Lipinski definition) is 2. The highest BCUT2D eigenvalue weighted by Gasteiger charge is 2.13. The molecule has 8 heteroatoms. The van der Waals surface area contributed by atoms with Crippen LogP contribution < -0.4 is 19.5 Å². The molecule has 0 bridgehead atoms. The number of aliphatic hydroxyl groups is 1. The molecule has 4 rings (SSSR count). The van der Waals surface area contributed by atoms with Crippen molar-refractivity contribution >= 4 is 21.6 Å². The summed E-state index contributed by atoms with van der Waals surface area (Å²) in [5.74, 6) is 2.15. The molecular formula is C25H29N3O4S. The Bertz CT molecular complexity index is 1200. The summed E-state index contributed by atoms with van der Waals surface area (Å²) in [5.41, 5.74) is 4.21. The first-order chi connectivity index (χ1) is 16.1. The van der Waals surface area contributed by atoms with Gasteiger partial charge in [-0.1, -0.05) is 18.2 Å². The molecule has 0 aliphatic rings. The van der Waals surface area contributed by atoms with Crippen LogP contribution in [0.4, 0.5) is 0 Å². The Balaban J connectivity index is 1.25. The number of thiophene rings is 1. The molecule has 0 saturated carbocycles. The van der Waals surface area contributed by atoms with Crippen molar-refractivity contribution in [1.29, 1.82) is 0 Å². The minimum atomic E-state index is -0.613. The lowest BCUT2D eigenvalue weighted by molar-refractivity contribution is 0.106. The molecule has 0 amide bonds. The van der Waals surface area contributed by atoms with Gasteiger partial charge in [0.25, 0.3) is 0 Å². The summed E-state index contributed by atoms with van der Waals surface area (Å²) < 4.78 is 19.5. The molecular weight excluding hydrogens is 438 g/mol. The zero-order valence-corrected chi connectivity index (χ0v) is 19.9. The maximum Gasteiger partial charge on any atom is 0.160 e. The molecule has 2 N–H and O–H groups in total. The number of methoxy groups -OCH3 is 2. The first-order valence-electron chi connectivity index (χ1n) is 10.8. The monoisotopic (exact) mass is 467 g/mol. The highest BCUT2D eigenvalue weighted by molar-refractivity contribution is 7.17. The third-order valence-electron chi connectivity index (χ3n) is 5.43. The third-order valence-corrected chi connectivity index (χ3v) is 6.34. The number of nitrogens with one attached hydrogen (secondary N) is 1. The van der Waals surface area contributed by atoms with Crippen LogP contribution in [-0.2, 0) is 13.5 Å². The Morgan fingerprint density at radius 2 is 1.94 bits per heavy atom. The SMILES string of the molecule is COc1ccc(CCNCC(O)COc2cccc(-c3nn(C)c4ccsc34)c2)cc1OC. The van der Waals surface area contributed by atoms with Crippen molar-refractivity contribution in [2.75, 3.05) is 33.9 Å². The zero-order chi connectivity index (χ0) is 23.2. The second-order valence-electron chi connectivity index (χ2n) is 7.74. The number of ether oxygens (including phenoxy) is 3. The van der Waals surface area contributed by atoms with Gasteiger partial charge in [-0.25, -0.2) is 0 Å². The minimum Gasteiger partial charge on any atom is -0.493 e. The third kappa shape index (κ3) is 5.47. The van der Waals surface area contributed by atoms with Crippen molar-refractivity contribution in [3.63, 3.8) is 0 Å². The number of fused-ring (bicyclic) bond motifs is 1. The maximum atomic E-state index is 10.3. The van der Waals surface area contributed by atoms with Crippen molar-refractivity contribution in [3.8, 4) is 28.5 Å². The molecule has 0 spiro atoms. The van der Waals surface area contributed by atoms with Crippen LogP contribution in [0.25, 0.3) is 21.5 Å². The van der Waals surface area contributed by atoms with E-state index in [1.165, 1.54) is 0 Å². The molecule has 0 aliphatic carbocycles. The minimum absolute atomic E-state index is 0.212. The second-order valence-corrected chi connectivity index (χ2v) is 8.66. The molecule has 2 aromatic heterocycles. The molecule has 1 unspecified atom stereocenters. The molecule has 0 radical (unpaired) electrons. The standard InChI is InChI=1S/C25H29N3O4S/c1-28-21-10-12-33-25(21)24(27-28)18-5-4-6-20(14-18)32-16-19(29)15-26-11-9-17-7-8-22(30-2)23(13-17)31-3/h4-8,10,12-14,19,26,29H,9,11,15-16H2,1-3H3. The molecule has 7 nitrogen and oxygen atoms in total. The van der Waals surface area contributed by atoms with Crippen LogP contribution in [0.5, 0.6) is 17.2 Å². The smallest absolute Gasteiger partial charge is 0.160 e. The van der Waals surface area contributed by atoms with Gasteiger partial charge in [-0.15, -0.1) is 11.3 Å². The van der Waals surface area contributed by atoms with E-state index in [2.05, 4.69) is 21.9 Å². The van der Waals surface area contributed by atoms with Crippen LogP contribution >= 0.6 is 11.3 Å². The summed E-state index contributed by atoms with van der Waals surface area (Å²) in [4.78, 5) is 0. The van der Waals surface area contributed by atoms with Crippen molar-refractivity contribution < 1.29 is 19.3 Å². The lowest BCUT2D eigenvalue weighted by Gasteiger charge is -2.14. The molecule has 0 saturated heterocycles. The van der Waals surface area contributed by atoms with Gasteiger partial charge in [0, 0.05) is 19.2 Å². The highest BCUT2D eigenvalue weighted by Crippen LogP contribution is 2.33. The maximum absolute atomic E-state index is 10.3. The number of nitrogens with zero attached hydrogens (tertiary/aromatic N) is 2. The summed E-state index contributed by atoms with van der Waals surface area (Å²) >= 11 is 1.68. The molecule has 4 aromatic rings. The predicted molar refractivity (Wildman–Crippen MR) is 132 cm³/mol. The average molecular weight is 468 g/mol. The quantitative estimate of drug-likeness (QED) is 0.326. The van der Waals surface area contributed by atoms with Gasteiger partial charge in [0.1, 0.15) is 24.2 Å². The van der Waals surface area contributed by atoms with Crippen LogP contribution in [0.1, 0.15) is 5.56 Å². The Morgan fingerprint density at radius 1 is 1.09 bits per heavy atom. The molecule has 2 aromatic carbocycles. The summed E-state index contributed by atoms with van der Waals surface area (Å²) in [5, 5.41) is 20.3. The van der Waals surface area contributed by atoms with Gasteiger partial charge < -0.3 is 24.6 Å². The lowest BCUT2D eigenvalue weighted by atomic mass is 10.1. The number of benzene rings is 2. The molecule has 0 aliphatic heterocycles. The van der Waals surface area contributed by atoms with E-state index in [1.54, 1.807) is 25.6 Å². The van der Waals surface area contributed by atoms with E-state index in [9.17, 15) is 5.11 Å². The second kappa shape index (κ2) is 10.7. The number of aromatic nitrogens is 2. The van der Waals surface area contributed by atoms with Crippen LogP contribution in [0.15, 0.2) is 53.9 Å². The fourth-order valence-electron chi connectivity index (χ4n) is 3.69. The van der Waals surface area contributed by atoms with Gasteiger partial charge in [-0.3, -0.25) is 4.68 Å². The Hall–Kier alpha value is -3.07. The number of hydrogen-bond acceptors (Lipinski definition) is 7. The Kier molecular flexibility index (Phi) is 7.49. The van der Waals surface area contributed by atoms with Crippen LogP contribution in [0.3, 0.4) is 0 Å². The van der Waals surface area contributed by atoms with Crippen molar-refractivity contribution in [1.82, 2.24) is 15.1 Å². The Morgan fingerprint density at radius 3 is 2.76 bits per heavy atom. The van der Waals surface area contributed by atoms with E-state index in [-0.39, 0.29) is 6.61 Å². The number of aliphatic hydroxyl groups excluding tert-OH is 1. The summed E-state index contributed by atoms with van der Waals surface area (Å²) in [6.45, 7) is 1.39. The van der Waals surface area contributed by atoms with Gasteiger partial charge in [0.2, 0.25) is 0 Å². The zero-order valence-electron chi connectivity index (χ0n) is 19.1. The average Bonchev–Trinajstić information content (AvgIpc) is 3.44. The van der Waals surface area contributed by atoms with Gasteiger partial charge in [-0.05, 0) is 54.2 Å². The van der Waals surface area contributed by atoms with E-state index < -0.39 is 6.10 Å². The van der Waals surface area contributed by atoms with Gasteiger partial charge in [0.15, 0.2) is 11.5 Å². The van der Waals surface area contributed by atoms with E-state index >= 15 is 0 Å². The van der Waals surface area contributed by atoms with Gasteiger partial charge in [0.05, 0.1) is 24.4 Å². The summed E-state index contributed by atoms with van der Waals surface area (Å²) in [6.07, 6.45) is 0.204. The fourth-order valence-corrected chi connectivity index (χ4v) is 4.62. The van der Waals surface area contributed by atoms with E-state index in [4.69, 9.17) is 14.2 Å². The van der Waals surface area contributed by atoms with Crippen molar-refractivity contribution in [3.05, 3.63) is 59.5 Å². The van der Waals surface area contributed by atoms with Gasteiger partial charge >= 0.3 is 0 Å². The number of rotatable bonds is 11. The largest absolute Gasteiger partial charge is 0.493 e.